The van der Waals surface area contributed by atoms with Crippen LogP contribution in [0.15, 0.2) is 65.5 Å². The van der Waals surface area contributed by atoms with Crippen LogP contribution in [0, 0.1) is 0 Å². The van der Waals surface area contributed by atoms with Crippen molar-refractivity contribution in [2.24, 2.45) is 0 Å². The number of amides is 1. The highest BCUT2D eigenvalue weighted by Gasteiger charge is 2.13. The topological polar surface area (TPSA) is 126 Å². The number of phenols is 2. The van der Waals surface area contributed by atoms with E-state index in [1.54, 1.807) is 47.4 Å². The summed E-state index contributed by atoms with van der Waals surface area (Å²) < 4.78 is 6.90. The summed E-state index contributed by atoms with van der Waals surface area (Å²) >= 11 is 0. The van der Waals surface area contributed by atoms with Crippen molar-refractivity contribution in [1.82, 2.24) is 19.7 Å². The molecule has 0 bridgehead atoms. The Morgan fingerprint density at radius 1 is 1.11 bits per heavy atom. The summed E-state index contributed by atoms with van der Waals surface area (Å²) in [5.41, 5.74) is 0.542. The van der Waals surface area contributed by atoms with E-state index in [-0.39, 0.29) is 29.6 Å². The van der Waals surface area contributed by atoms with E-state index >= 15 is 0 Å². The number of anilines is 1. The third-order valence-corrected chi connectivity index (χ3v) is 3.87. The fourth-order valence-electron chi connectivity index (χ4n) is 2.59. The Hall–Kier alpha value is -4.14. The zero-order valence-electron chi connectivity index (χ0n) is 14.5. The van der Waals surface area contributed by atoms with Crippen LogP contribution in [-0.2, 0) is 11.2 Å². The molecule has 28 heavy (non-hydrogen) atoms. The van der Waals surface area contributed by atoms with Crippen LogP contribution < -0.4 is 5.32 Å². The predicted molar refractivity (Wildman–Crippen MR) is 99.0 cm³/mol. The number of hydrogen-bond acceptors (Lipinski definition) is 7. The summed E-state index contributed by atoms with van der Waals surface area (Å²) in [7, 11) is 0. The quantitative estimate of drug-likeness (QED) is 0.456. The number of hydrogen-bond donors (Lipinski definition) is 3. The van der Waals surface area contributed by atoms with Crippen molar-refractivity contribution in [3.05, 3.63) is 66.7 Å². The van der Waals surface area contributed by atoms with Gasteiger partial charge >= 0.3 is 0 Å². The summed E-state index contributed by atoms with van der Waals surface area (Å²) in [6.07, 6.45) is 4.84. The highest BCUT2D eigenvalue weighted by molar-refractivity contribution is 5.91. The van der Waals surface area contributed by atoms with Gasteiger partial charge in [-0.05, 0) is 35.9 Å². The van der Waals surface area contributed by atoms with E-state index in [2.05, 4.69) is 20.4 Å². The van der Waals surface area contributed by atoms with E-state index in [9.17, 15) is 15.0 Å². The summed E-state index contributed by atoms with van der Waals surface area (Å²) in [6.45, 7) is 0. The molecule has 0 fully saturated rings. The second kappa shape index (κ2) is 7.23. The lowest BCUT2D eigenvalue weighted by atomic mass is 10.1. The summed E-state index contributed by atoms with van der Waals surface area (Å²) in [5.74, 6) is 0.619. The molecule has 1 amide bonds. The fourth-order valence-corrected chi connectivity index (χ4v) is 2.59. The van der Waals surface area contributed by atoms with E-state index in [4.69, 9.17) is 4.42 Å². The van der Waals surface area contributed by atoms with Crippen molar-refractivity contribution < 1.29 is 19.4 Å². The number of phenolic OH excluding ortho intramolecular Hbond substituents is 2. The third-order valence-electron chi connectivity index (χ3n) is 3.87. The van der Waals surface area contributed by atoms with Gasteiger partial charge < -0.3 is 19.9 Å². The van der Waals surface area contributed by atoms with E-state index in [0.717, 1.165) is 0 Å². The van der Waals surface area contributed by atoms with Gasteiger partial charge in [-0.25, -0.2) is 14.6 Å². The van der Waals surface area contributed by atoms with Crippen LogP contribution in [0.4, 0.5) is 5.82 Å². The Labute approximate surface area is 158 Å². The van der Waals surface area contributed by atoms with Crippen molar-refractivity contribution >= 4 is 11.7 Å². The first-order chi connectivity index (χ1) is 13.6. The largest absolute Gasteiger partial charge is 0.504 e. The van der Waals surface area contributed by atoms with Gasteiger partial charge in [0.05, 0.1) is 12.7 Å². The molecule has 1 aromatic carbocycles. The minimum Gasteiger partial charge on any atom is -0.504 e. The minimum absolute atomic E-state index is 0.00890. The maximum absolute atomic E-state index is 12.4. The van der Waals surface area contributed by atoms with Gasteiger partial charge in [-0.1, -0.05) is 6.07 Å². The van der Waals surface area contributed by atoms with Gasteiger partial charge in [0.25, 0.3) is 0 Å². The van der Waals surface area contributed by atoms with Crippen LogP contribution in [0.3, 0.4) is 0 Å². The summed E-state index contributed by atoms with van der Waals surface area (Å²) in [6, 6.07) is 11.0. The lowest BCUT2D eigenvalue weighted by molar-refractivity contribution is -0.115. The second-order valence-electron chi connectivity index (χ2n) is 5.91. The molecular weight excluding hydrogens is 362 g/mol. The van der Waals surface area contributed by atoms with E-state index < -0.39 is 0 Å². The molecule has 4 rings (SSSR count). The van der Waals surface area contributed by atoms with Crippen molar-refractivity contribution in [1.29, 1.82) is 0 Å². The molecule has 0 unspecified atom stereocenters. The van der Waals surface area contributed by atoms with Gasteiger partial charge in [0, 0.05) is 18.5 Å². The van der Waals surface area contributed by atoms with Gasteiger partial charge in [-0.2, -0.15) is 5.10 Å². The van der Waals surface area contributed by atoms with Crippen molar-refractivity contribution in [2.75, 3.05) is 5.32 Å². The number of carbonyl (C=O) groups is 1. The molecular formula is C19H15N5O4. The molecule has 0 atom stereocenters. The van der Waals surface area contributed by atoms with E-state index in [1.165, 1.54) is 18.4 Å². The van der Waals surface area contributed by atoms with Gasteiger partial charge in [0.15, 0.2) is 28.9 Å². The number of aromatic hydroxyl groups is 2. The van der Waals surface area contributed by atoms with Crippen LogP contribution in [0.5, 0.6) is 11.5 Å². The molecule has 0 spiro atoms. The number of nitrogens with zero attached hydrogens (tertiary/aromatic N) is 4. The van der Waals surface area contributed by atoms with Crippen LogP contribution in [-0.4, -0.2) is 35.9 Å². The molecule has 4 aromatic rings. The van der Waals surface area contributed by atoms with Crippen LogP contribution in [0.25, 0.3) is 17.4 Å². The minimum atomic E-state index is -0.347. The first kappa shape index (κ1) is 17.3. The number of carbonyl (C=O) groups excluding carboxylic acids is 1. The SMILES string of the molecule is O=C(Cc1ccc(O)c(O)c1)Nc1cc(-n2cccn2)nc(-c2ccco2)n1. The molecule has 0 radical (unpaired) electrons. The van der Waals surface area contributed by atoms with E-state index in [1.807, 2.05) is 0 Å². The van der Waals surface area contributed by atoms with Gasteiger partial charge in [0.1, 0.15) is 5.82 Å². The van der Waals surface area contributed by atoms with Crippen molar-refractivity contribution in [3.8, 4) is 28.9 Å². The van der Waals surface area contributed by atoms with Crippen molar-refractivity contribution in [2.45, 2.75) is 6.42 Å². The molecule has 3 aromatic heterocycles. The number of furan rings is 1. The standard InChI is InChI=1S/C19H15N5O4/c25-13-5-4-12(9-14(13)26)10-18(27)21-16-11-17(24-7-2-6-20-24)23-19(22-16)15-3-1-8-28-15/h1-9,11,25-26H,10H2,(H,21,22,23,27). The van der Waals surface area contributed by atoms with Gasteiger partial charge in [-0.3, -0.25) is 4.79 Å². The lowest BCUT2D eigenvalue weighted by Crippen LogP contribution is -2.16. The zero-order valence-corrected chi connectivity index (χ0v) is 14.5. The molecule has 140 valence electrons. The average molecular weight is 377 g/mol. The monoisotopic (exact) mass is 377 g/mol. The van der Waals surface area contributed by atoms with Gasteiger partial charge in [-0.15, -0.1) is 0 Å². The fraction of sp³-hybridized carbons (Fsp3) is 0.0526. The highest BCUT2D eigenvalue weighted by Crippen LogP contribution is 2.25. The average Bonchev–Trinajstić information content (AvgIpc) is 3.38. The smallest absolute Gasteiger partial charge is 0.229 e. The van der Waals surface area contributed by atoms with Crippen LogP contribution >= 0.6 is 0 Å². The number of aromatic nitrogens is 4. The molecule has 9 nitrogen and oxygen atoms in total. The Morgan fingerprint density at radius 2 is 2.00 bits per heavy atom. The second-order valence-corrected chi connectivity index (χ2v) is 5.91. The van der Waals surface area contributed by atoms with Crippen LogP contribution in [0.1, 0.15) is 5.56 Å². The van der Waals surface area contributed by atoms with Gasteiger partial charge in [0.2, 0.25) is 5.91 Å². The third kappa shape index (κ3) is 3.68. The molecule has 9 heteroatoms. The Bertz CT molecular complexity index is 1060. The molecule has 0 saturated carbocycles. The number of nitrogens with one attached hydrogen (secondary N) is 1. The lowest BCUT2D eigenvalue weighted by Gasteiger charge is -2.09. The molecule has 3 N–H and O–H groups in total. The molecule has 0 aliphatic rings. The Balaban J connectivity index is 1.61. The molecule has 0 aliphatic carbocycles. The normalized spacial score (nSPS) is 10.7. The zero-order chi connectivity index (χ0) is 19.5. The summed E-state index contributed by atoms with van der Waals surface area (Å²) in [4.78, 5) is 21.2. The van der Waals surface area contributed by atoms with Crippen molar-refractivity contribution in [3.63, 3.8) is 0 Å². The number of rotatable bonds is 5. The highest BCUT2D eigenvalue weighted by atomic mass is 16.3. The predicted octanol–water partition coefficient (Wildman–Crippen LogP) is 2.51. The molecule has 0 saturated heterocycles. The van der Waals surface area contributed by atoms with E-state index in [0.29, 0.717) is 23.0 Å². The molecule has 0 aliphatic heterocycles. The first-order valence-corrected chi connectivity index (χ1v) is 8.32. The summed E-state index contributed by atoms with van der Waals surface area (Å²) in [5, 5.41) is 25.8. The Kier molecular flexibility index (Phi) is 4.47. The Morgan fingerprint density at radius 3 is 2.71 bits per heavy atom. The number of benzene rings is 1. The first-order valence-electron chi connectivity index (χ1n) is 8.32. The molecule has 3 heterocycles. The maximum atomic E-state index is 12.4. The van der Waals surface area contributed by atoms with Crippen LogP contribution in [0.2, 0.25) is 0 Å². The maximum Gasteiger partial charge on any atom is 0.229 e.